The third kappa shape index (κ3) is 5.72. The Morgan fingerprint density at radius 3 is 2.59 bits per heavy atom. The molecule has 2 heterocycles. The van der Waals surface area contributed by atoms with Gasteiger partial charge in [-0.1, -0.05) is 36.1 Å². The topological polar surface area (TPSA) is 82.4 Å². The van der Waals surface area contributed by atoms with Crippen molar-refractivity contribution in [2.45, 2.75) is 19.9 Å². The number of esters is 1. The van der Waals surface area contributed by atoms with Gasteiger partial charge in [0.25, 0.3) is 5.56 Å². The molecule has 8 nitrogen and oxygen atoms in total. The quantitative estimate of drug-likeness (QED) is 0.266. The van der Waals surface area contributed by atoms with Crippen molar-refractivity contribution in [2.24, 2.45) is 4.99 Å². The molecule has 1 aromatic heterocycles. The van der Waals surface area contributed by atoms with Crippen LogP contribution >= 0.6 is 27.3 Å². The van der Waals surface area contributed by atoms with E-state index in [2.05, 4.69) is 27.5 Å². The molecule has 0 radical (unpaired) electrons. The number of methoxy groups -OCH3 is 1. The van der Waals surface area contributed by atoms with Gasteiger partial charge in [0.1, 0.15) is 6.61 Å². The fourth-order valence-electron chi connectivity index (χ4n) is 4.32. The van der Waals surface area contributed by atoms with Crippen LogP contribution in [0.25, 0.3) is 6.08 Å². The SMILES string of the molecule is C=CCOc1c(Br)cc(/C=c2\sc3n(c2=O)[C@H](c2ccc(N(C)C)cc2)C(C(=O)OCC)=C(C)N=3)cc1OC. The number of benzene rings is 2. The highest BCUT2D eigenvalue weighted by molar-refractivity contribution is 9.10. The first kappa shape index (κ1) is 28.4. The number of rotatable bonds is 9. The van der Waals surface area contributed by atoms with Crippen LogP contribution in [-0.4, -0.2) is 45.0 Å². The zero-order chi connectivity index (χ0) is 28.3. The van der Waals surface area contributed by atoms with Crippen LogP contribution in [0.3, 0.4) is 0 Å². The number of anilines is 1. The molecule has 0 bridgehead atoms. The van der Waals surface area contributed by atoms with E-state index in [0.29, 0.717) is 43.2 Å². The highest BCUT2D eigenvalue weighted by Crippen LogP contribution is 2.37. The Hall–Kier alpha value is -3.63. The van der Waals surface area contributed by atoms with Gasteiger partial charge in [-0.2, -0.15) is 0 Å². The summed E-state index contributed by atoms with van der Waals surface area (Å²) in [6.07, 6.45) is 3.43. The molecule has 4 rings (SSSR count). The second kappa shape index (κ2) is 12.0. The molecule has 0 saturated carbocycles. The molecule has 0 N–H and O–H groups in total. The number of aromatic nitrogens is 1. The summed E-state index contributed by atoms with van der Waals surface area (Å²) >= 11 is 4.81. The molecule has 2 aromatic carbocycles. The summed E-state index contributed by atoms with van der Waals surface area (Å²) in [5, 5.41) is 0. The fraction of sp³-hybridized carbons (Fsp3) is 0.276. The van der Waals surface area contributed by atoms with Crippen molar-refractivity contribution < 1.29 is 19.0 Å². The van der Waals surface area contributed by atoms with E-state index in [-0.39, 0.29) is 12.2 Å². The molecule has 0 unspecified atom stereocenters. The van der Waals surface area contributed by atoms with Crippen molar-refractivity contribution >= 4 is 45.0 Å². The van der Waals surface area contributed by atoms with Gasteiger partial charge in [0.2, 0.25) is 0 Å². The molecule has 0 saturated heterocycles. The van der Waals surface area contributed by atoms with Gasteiger partial charge in [0.05, 0.1) is 40.0 Å². The van der Waals surface area contributed by atoms with Gasteiger partial charge in [0, 0.05) is 19.8 Å². The molecule has 0 fully saturated rings. The molecule has 1 aliphatic heterocycles. The number of thiazole rings is 1. The molecule has 1 aliphatic rings. The molecule has 0 aliphatic carbocycles. The lowest BCUT2D eigenvalue weighted by Gasteiger charge is -2.25. The van der Waals surface area contributed by atoms with Gasteiger partial charge in [-0.3, -0.25) is 9.36 Å². The highest BCUT2D eigenvalue weighted by Gasteiger charge is 2.33. The maximum Gasteiger partial charge on any atom is 0.338 e. The summed E-state index contributed by atoms with van der Waals surface area (Å²) in [6.45, 7) is 7.75. The average Bonchev–Trinajstić information content (AvgIpc) is 3.21. The monoisotopic (exact) mass is 611 g/mol. The number of carbonyl (C=O) groups is 1. The first-order valence-electron chi connectivity index (χ1n) is 12.3. The van der Waals surface area contributed by atoms with Gasteiger partial charge in [-0.05, 0) is 71.2 Å². The van der Waals surface area contributed by atoms with Crippen LogP contribution in [0.5, 0.6) is 11.5 Å². The maximum absolute atomic E-state index is 13.9. The number of hydrogen-bond donors (Lipinski definition) is 0. The van der Waals surface area contributed by atoms with Crippen molar-refractivity contribution in [3.05, 3.63) is 95.6 Å². The lowest BCUT2D eigenvalue weighted by Crippen LogP contribution is -2.39. The smallest absolute Gasteiger partial charge is 0.338 e. The molecule has 1 atom stereocenters. The Bertz CT molecular complexity index is 1620. The molecule has 0 amide bonds. The third-order valence-electron chi connectivity index (χ3n) is 6.14. The lowest BCUT2D eigenvalue weighted by molar-refractivity contribution is -0.139. The second-order valence-electron chi connectivity index (χ2n) is 8.92. The molecule has 3 aromatic rings. The molecule has 39 heavy (non-hydrogen) atoms. The Labute approximate surface area is 239 Å². The van der Waals surface area contributed by atoms with Crippen molar-refractivity contribution in [2.75, 3.05) is 39.3 Å². The number of ether oxygens (including phenoxy) is 3. The van der Waals surface area contributed by atoms with Crippen molar-refractivity contribution in [3.8, 4) is 11.5 Å². The van der Waals surface area contributed by atoms with Gasteiger partial charge in [-0.25, -0.2) is 9.79 Å². The van der Waals surface area contributed by atoms with E-state index < -0.39 is 12.0 Å². The van der Waals surface area contributed by atoms with Crippen LogP contribution in [0, 0.1) is 0 Å². The van der Waals surface area contributed by atoms with Gasteiger partial charge < -0.3 is 19.1 Å². The Morgan fingerprint density at radius 2 is 1.97 bits per heavy atom. The molecular weight excluding hydrogens is 582 g/mol. The van der Waals surface area contributed by atoms with E-state index in [1.807, 2.05) is 49.3 Å². The van der Waals surface area contributed by atoms with E-state index in [0.717, 1.165) is 16.8 Å². The first-order chi connectivity index (χ1) is 18.7. The third-order valence-corrected chi connectivity index (χ3v) is 7.71. The van der Waals surface area contributed by atoms with Crippen LogP contribution < -0.4 is 29.3 Å². The van der Waals surface area contributed by atoms with Crippen LogP contribution in [0.2, 0.25) is 0 Å². The lowest BCUT2D eigenvalue weighted by atomic mass is 9.95. The van der Waals surface area contributed by atoms with Crippen molar-refractivity contribution in [1.29, 1.82) is 0 Å². The number of fused-ring (bicyclic) bond motifs is 1. The first-order valence-corrected chi connectivity index (χ1v) is 13.9. The number of halogens is 1. The molecule has 0 spiro atoms. The summed E-state index contributed by atoms with van der Waals surface area (Å²) in [7, 11) is 5.47. The zero-order valence-corrected chi connectivity index (χ0v) is 24.9. The van der Waals surface area contributed by atoms with Crippen LogP contribution in [0.4, 0.5) is 5.69 Å². The predicted octanol–water partition coefficient (Wildman–Crippen LogP) is 4.20. The summed E-state index contributed by atoms with van der Waals surface area (Å²) in [4.78, 5) is 34.1. The average molecular weight is 613 g/mol. The van der Waals surface area contributed by atoms with E-state index in [1.54, 1.807) is 43.7 Å². The Morgan fingerprint density at radius 1 is 1.26 bits per heavy atom. The molecule has 204 valence electrons. The predicted molar refractivity (Wildman–Crippen MR) is 158 cm³/mol. The number of nitrogens with zero attached hydrogens (tertiary/aromatic N) is 3. The van der Waals surface area contributed by atoms with Gasteiger partial charge >= 0.3 is 5.97 Å². The van der Waals surface area contributed by atoms with Crippen molar-refractivity contribution in [1.82, 2.24) is 4.57 Å². The number of carbonyl (C=O) groups excluding carboxylic acids is 1. The highest BCUT2D eigenvalue weighted by atomic mass is 79.9. The Balaban J connectivity index is 1.89. The molecular formula is C29H30BrN3O5S. The van der Waals surface area contributed by atoms with E-state index >= 15 is 0 Å². The zero-order valence-electron chi connectivity index (χ0n) is 22.5. The van der Waals surface area contributed by atoms with Gasteiger partial charge in [0.15, 0.2) is 16.3 Å². The summed E-state index contributed by atoms with van der Waals surface area (Å²) in [5.74, 6) is 0.579. The summed E-state index contributed by atoms with van der Waals surface area (Å²) < 4.78 is 19.4. The largest absolute Gasteiger partial charge is 0.493 e. The van der Waals surface area contributed by atoms with Crippen LogP contribution in [0.1, 0.15) is 31.0 Å². The maximum atomic E-state index is 13.9. The standard InChI is InChI=1S/C29H30BrN3O5S/c1-7-13-38-26-21(30)14-18(15-22(26)36-6)16-23-27(34)33-25(19-9-11-20(12-10-19)32(4)5)24(28(35)37-8-2)17(3)31-29(33)39-23/h7,9-12,14-16,25H,1,8,13H2,2-6H3/b23-16-/t25-/m1/s1. The normalized spacial score (nSPS) is 14.9. The van der Waals surface area contributed by atoms with E-state index in [9.17, 15) is 9.59 Å². The minimum Gasteiger partial charge on any atom is -0.493 e. The Kier molecular flexibility index (Phi) is 8.76. The minimum atomic E-state index is -0.672. The number of allylic oxidation sites excluding steroid dienone is 1. The summed E-state index contributed by atoms with van der Waals surface area (Å²) in [6, 6.07) is 10.8. The molecule has 10 heteroatoms. The fourth-order valence-corrected chi connectivity index (χ4v) is 5.94. The van der Waals surface area contributed by atoms with Crippen LogP contribution in [-0.2, 0) is 9.53 Å². The van der Waals surface area contributed by atoms with E-state index in [4.69, 9.17) is 14.2 Å². The van der Waals surface area contributed by atoms with Gasteiger partial charge in [-0.15, -0.1) is 0 Å². The number of hydrogen-bond acceptors (Lipinski definition) is 8. The van der Waals surface area contributed by atoms with Crippen LogP contribution in [0.15, 0.2) is 74.6 Å². The van der Waals surface area contributed by atoms with Crippen molar-refractivity contribution in [3.63, 3.8) is 0 Å². The second-order valence-corrected chi connectivity index (χ2v) is 10.8. The summed E-state index contributed by atoms with van der Waals surface area (Å²) in [5.41, 5.74) is 3.15. The minimum absolute atomic E-state index is 0.218. The van der Waals surface area contributed by atoms with E-state index in [1.165, 1.54) is 11.3 Å².